The van der Waals surface area contributed by atoms with Gasteiger partial charge in [-0.3, -0.25) is 0 Å². The predicted octanol–water partition coefficient (Wildman–Crippen LogP) is 6.04. The molecule has 2 aromatic carbocycles. The Morgan fingerprint density at radius 2 is 1.42 bits per heavy atom. The van der Waals surface area contributed by atoms with Crippen LogP contribution in [0.1, 0.15) is 0 Å². The molecule has 3 nitrogen and oxygen atoms in total. The lowest BCUT2D eigenvalue weighted by Crippen LogP contribution is -2.17. The van der Waals surface area contributed by atoms with Crippen LogP contribution in [0.4, 0.5) is 36.1 Å². The van der Waals surface area contributed by atoms with E-state index in [4.69, 9.17) is 5.39 Å². The van der Waals surface area contributed by atoms with E-state index in [1.165, 1.54) is 18.2 Å². The average Bonchev–Trinajstić information content (AvgIpc) is 2.45. The van der Waals surface area contributed by atoms with Crippen molar-refractivity contribution in [3.05, 3.63) is 53.5 Å². The Labute approximate surface area is 131 Å². The first-order chi connectivity index (χ1) is 11.0. The molecule has 0 bridgehead atoms. The van der Waals surface area contributed by atoms with Gasteiger partial charge in [-0.25, -0.2) is 0 Å². The van der Waals surface area contributed by atoms with E-state index in [1.807, 2.05) is 0 Å². The second-order valence-electron chi connectivity index (χ2n) is 4.16. The first kappa shape index (κ1) is 19.3. The summed E-state index contributed by atoms with van der Waals surface area (Å²) >= 11 is 0. The molecule has 0 amide bonds. The second-order valence-corrected chi connectivity index (χ2v) is 4.16. The smallest absolute Gasteiger partial charge is 0.418 e. The highest BCUT2D eigenvalue weighted by Gasteiger charge is 2.36. The number of rotatable bonds is 2. The van der Waals surface area contributed by atoms with Crippen LogP contribution in [0.3, 0.4) is 0 Å². The minimum absolute atomic E-state index is 0.202. The number of benzene rings is 2. The maximum Gasteiger partial charge on any atom is 0.673 e. The number of ether oxygens (including phenoxy) is 1. The van der Waals surface area contributed by atoms with Gasteiger partial charge in [0.15, 0.2) is 4.98 Å². The van der Waals surface area contributed by atoms with Gasteiger partial charge in [0.2, 0.25) is 11.1 Å². The number of hydrogen-bond acceptors (Lipinski definition) is 2. The van der Waals surface area contributed by atoms with Crippen LogP contribution in [0.25, 0.3) is 16.1 Å². The molecule has 0 N–H and O–H groups in total. The van der Waals surface area contributed by atoms with Gasteiger partial charge in [-0.05, 0) is 5.56 Å². The second kappa shape index (κ2) is 7.67. The van der Waals surface area contributed by atoms with Gasteiger partial charge >= 0.3 is 19.3 Å². The molecule has 0 saturated carbocycles. The fourth-order valence-corrected chi connectivity index (χ4v) is 1.67. The van der Waals surface area contributed by atoms with Gasteiger partial charge in [-0.15, -0.1) is 13.2 Å². The van der Waals surface area contributed by atoms with Gasteiger partial charge in [0.05, 0.1) is 0 Å². The third-order valence-electron chi connectivity index (χ3n) is 2.40. The topological polar surface area (TPSA) is 37.4 Å². The monoisotopic (exact) mass is 352 g/mol. The molecule has 0 saturated heterocycles. The van der Waals surface area contributed by atoms with Crippen molar-refractivity contribution in [3.63, 3.8) is 0 Å². The Morgan fingerprint density at radius 3 is 1.88 bits per heavy atom. The molecular formula is C13H8BF7N2O. The molecule has 11 heteroatoms. The standard InChI is InChI=1S/C13H8F3N2O.BF4/c14-13(15,16)19-12-10(7-4-8-11(12)18-17)9-5-2-1-3-6-9;2-1(3,4)5/h1-8H;/q+1;-1. The maximum absolute atomic E-state index is 12.4. The minimum Gasteiger partial charge on any atom is -0.418 e. The lowest BCUT2D eigenvalue weighted by Gasteiger charge is -2.11. The molecule has 0 aliphatic heterocycles. The number of hydrogen-bond donors (Lipinski definition) is 0. The van der Waals surface area contributed by atoms with Crippen LogP contribution in [-0.4, -0.2) is 13.6 Å². The zero-order valence-corrected chi connectivity index (χ0v) is 11.6. The number of alkyl halides is 3. The van der Waals surface area contributed by atoms with E-state index < -0.39 is 19.4 Å². The largest absolute Gasteiger partial charge is 0.673 e. The van der Waals surface area contributed by atoms with Gasteiger partial charge in [-0.2, -0.15) is 0 Å². The molecule has 0 atom stereocenters. The zero-order valence-electron chi connectivity index (χ0n) is 11.6. The van der Waals surface area contributed by atoms with E-state index in [1.54, 1.807) is 30.3 Å². The minimum atomic E-state index is -6.00. The highest BCUT2D eigenvalue weighted by molar-refractivity contribution is 6.50. The first-order valence-corrected chi connectivity index (χ1v) is 6.18. The molecule has 0 heterocycles. The molecule has 0 aliphatic rings. The molecule has 0 radical (unpaired) electrons. The number of para-hydroxylation sites is 1. The van der Waals surface area contributed by atoms with E-state index in [-0.39, 0.29) is 11.3 Å². The Kier molecular flexibility index (Phi) is 6.17. The first-order valence-electron chi connectivity index (χ1n) is 6.18. The van der Waals surface area contributed by atoms with Crippen molar-refractivity contribution in [2.75, 3.05) is 0 Å². The van der Waals surface area contributed by atoms with Crippen LogP contribution in [0, 0.1) is 5.39 Å². The summed E-state index contributed by atoms with van der Waals surface area (Å²) in [5.74, 6) is -0.524. The molecule has 2 aromatic rings. The fourth-order valence-electron chi connectivity index (χ4n) is 1.67. The summed E-state index contributed by atoms with van der Waals surface area (Å²) in [6.45, 7) is 0. The maximum atomic E-state index is 12.4. The van der Waals surface area contributed by atoms with E-state index >= 15 is 0 Å². The summed E-state index contributed by atoms with van der Waals surface area (Å²) < 4.78 is 80.2. The number of halogens is 7. The third kappa shape index (κ3) is 7.00. The molecule has 0 aliphatic carbocycles. The van der Waals surface area contributed by atoms with E-state index in [9.17, 15) is 30.4 Å². The summed E-state index contributed by atoms with van der Waals surface area (Å²) in [5.41, 5.74) is 0.458. The van der Waals surface area contributed by atoms with Crippen molar-refractivity contribution in [3.8, 4) is 16.9 Å². The Hall–Kier alpha value is -2.77. The van der Waals surface area contributed by atoms with Gasteiger partial charge < -0.3 is 22.0 Å². The van der Waals surface area contributed by atoms with Crippen LogP contribution in [0.15, 0.2) is 48.5 Å². The van der Waals surface area contributed by atoms with E-state index in [2.05, 4.69) is 9.71 Å². The highest BCUT2D eigenvalue weighted by Crippen LogP contribution is 2.41. The normalized spacial score (nSPS) is 11.1. The molecule has 0 aromatic heterocycles. The third-order valence-corrected chi connectivity index (χ3v) is 2.40. The van der Waals surface area contributed by atoms with Crippen molar-refractivity contribution >= 4 is 12.9 Å². The lowest BCUT2D eigenvalue weighted by atomic mass is 10.0. The summed E-state index contributed by atoms with van der Waals surface area (Å²) in [7, 11) is -6.00. The van der Waals surface area contributed by atoms with Crippen LogP contribution in [0.2, 0.25) is 0 Å². The molecular weight excluding hydrogens is 344 g/mol. The van der Waals surface area contributed by atoms with Crippen LogP contribution < -0.4 is 4.74 Å². The Bertz CT molecular complexity index is 705. The summed E-state index contributed by atoms with van der Waals surface area (Å²) in [5, 5.41) is 8.76. The van der Waals surface area contributed by atoms with Gasteiger partial charge in [0.25, 0.3) is 0 Å². The van der Waals surface area contributed by atoms with Crippen molar-refractivity contribution in [1.82, 2.24) is 0 Å². The Balaban J connectivity index is 0.000000505. The quantitative estimate of drug-likeness (QED) is 0.376. The summed E-state index contributed by atoms with van der Waals surface area (Å²) in [6.07, 6.45) is -4.86. The SMILES string of the molecule is F[B-](F)(F)F.N#[N+]c1cccc(-c2ccccc2)c1OC(F)(F)F. The lowest BCUT2D eigenvalue weighted by molar-refractivity contribution is -0.274. The fraction of sp³-hybridized carbons (Fsp3) is 0.0769. The van der Waals surface area contributed by atoms with Gasteiger partial charge in [-0.1, -0.05) is 42.5 Å². The molecule has 24 heavy (non-hydrogen) atoms. The molecule has 0 unspecified atom stereocenters. The van der Waals surface area contributed by atoms with Crippen LogP contribution in [-0.2, 0) is 0 Å². The molecule has 2 rings (SSSR count). The predicted molar refractivity (Wildman–Crippen MR) is 73.5 cm³/mol. The molecule has 128 valence electrons. The van der Waals surface area contributed by atoms with Crippen LogP contribution in [0.5, 0.6) is 5.75 Å². The summed E-state index contributed by atoms with van der Waals surface area (Å²) in [4.78, 5) is 2.82. The molecule has 0 spiro atoms. The molecule has 0 fully saturated rings. The average molecular weight is 352 g/mol. The van der Waals surface area contributed by atoms with Crippen molar-refractivity contribution in [1.29, 1.82) is 5.39 Å². The number of diazo groups is 1. The zero-order chi connectivity index (χ0) is 18.4. The number of nitrogens with zero attached hydrogens (tertiary/aromatic N) is 2. The van der Waals surface area contributed by atoms with Gasteiger partial charge in [0, 0.05) is 11.6 Å². The van der Waals surface area contributed by atoms with Crippen LogP contribution >= 0.6 is 0 Å². The van der Waals surface area contributed by atoms with E-state index in [0.29, 0.717) is 5.56 Å². The van der Waals surface area contributed by atoms with E-state index in [0.717, 1.165) is 0 Å². The highest BCUT2D eigenvalue weighted by atomic mass is 19.5. The van der Waals surface area contributed by atoms with Crippen molar-refractivity contribution < 1.29 is 35.2 Å². The Morgan fingerprint density at radius 1 is 0.875 bits per heavy atom. The van der Waals surface area contributed by atoms with Crippen molar-refractivity contribution in [2.45, 2.75) is 6.36 Å². The van der Waals surface area contributed by atoms with Gasteiger partial charge in [0.1, 0.15) is 0 Å². The summed E-state index contributed by atoms with van der Waals surface area (Å²) in [6, 6.07) is 12.6. The van der Waals surface area contributed by atoms with Crippen molar-refractivity contribution in [2.24, 2.45) is 0 Å².